The fraction of sp³-hybridized carbons (Fsp3) is 0.562. The highest BCUT2D eigenvalue weighted by Gasteiger charge is 2.20. The lowest BCUT2D eigenvalue weighted by Gasteiger charge is -2.21. The van der Waals surface area contributed by atoms with E-state index in [9.17, 15) is 13.2 Å². The summed E-state index contributed by atoms with van der Waals surface area (Å²) in [5.74, 6) is 0.473. The summed E-state index contributed by atoms with van der Waals surface area (Å²) in [6.07, 6.45) is 2.46. The highest BCUT2D eigenvalue weighted by atomic mass is 32.2. The largest absolute Gasteiger partial charge is 0.497 e. The molecule has 130 valence electrons. The number of rotatable bonds is 9. The number of hydrogen-bond donors (Lipinski definition) is 1. The van der Waals surface area contributed by atoms with Crippen molar-refractivity contribution in [2.75, 3.05) is 26.5 Å². The second-order valence-corrected chi connectivity index (χ2v) is 7.55. The van der Waals surface area contributed by atoms with Gasteiger partial charge in [0.1, 0.15) is 5.75 Å². The van der Waals surface area contributed by atoms with Gasteiger partial charge in [0.25, 0.3) is 0 Å². The van der Waals surface area contributed by atoms with Gasteiger partial charge in [-0.1, -0.05) is 19.1 Å². The molecule has 1 atom stereocenters. The molecule has 0 radical (unpaired) electrons. The molecule has 0 spiro atoms. The van der Waals surface area contributed by atoms with Crippen molar-refractivity contribution in [1.82, 2.24) is 9.62 Å². The van der Waals surface area contributed by atoms with Gasteiger partial charge in [-0.15, -0.1) is 0 Å². The van der Waals surface area contributed by atoms with Crippen LogP contribution in [0.2, 0.25) is 0 Å². The maximum absolute atomic E-state index is 11.9. The van der Waals surface area contributed by atoms with Gasteiger partial charge in [0.2, 0.25) is 15.9 Å². The average molecular weight is 342 g/mol. The summed E-state index contributed by atoms with van der Waals surface area (Å²) >= 11 is 0. The predicted molar refractivity (Wildman–Crippen MR) is 91.0 cm³/mol. The van der Waals surface area contributed by atoms with Gasteiger partial charge in [-0.2, -0.15) is 4.31 Å². The molecule has 23 heavy (non-hydrogen) atoms. The van der Waals surface area contributed by atoms with E-state index in [1.54, 1.807) is 7.11 Å². The Hall–Kier alpha value is -1.60. The van der Waals surface area contributed by atoms with Gasteiger partial charge in [0.15, 0.2) is 0 Å². The standard InChI is InChI=1S/C16H26N2O4S/c1-5-13(2)17-16(19)12-18(23(4,20)21)11-10-14-6-8-15(22-3)9-7-14/h6-9,13H,5,10-12H2,1-4H3,(H,17,19). The maximum Gasteiger partial charge on any atom is 0.235 e. The number of nitrogens with one attached hydrogen (secondary N) is 1. The van der Waals surface area contributed by atoms with Crippen molar-refractivity contribution in [2.24, 2.45) is 0 Å². The number of sulfonamides is 1. The van der Waals surface area contributed by atoms with E-state index in [2.05, 4.69) is 5.32 Å². The molecule has 0 bridgehead atoms. The van der Waals surface area contributed by atoms with Gasteiger partial charge in [-0.05, 0) is 37.5 Å². The quantitative estimate of drug-likeness (QED) is 0.736. The second-order valence-electron chi connectivity index (χ2n) is 5.57. The molecular weight excluding hydrogens is 316 g/mol. The van der Waals surface area contributed by atoms with E-state index >= 15 is 0 Å². The van der Waals surface area contributed by atoms with Crippen LogP contribution < -0.4 is 10.1 Å². The molecule has 1 aromatic rings. The number of carbonyl (C=O) groups excluding carboxylic acids is 1. The number of carbonyl (C=O) groups is 1. The van der Waals surface area contributed by atoms with E-state index in [0.717, 1.165) is 24.0 Å². The molecule has 1 rings (SSSR count). The van der Waals surface area contributed by atoms with E-state index in [1.165, 1.54) is 4.31 Å². The Bertz CT molecular complexity index is 599. The normalized spacial score (nSPS) is 12.9. The summed E-state index contributed by atoms with van der Waals surface area (Å²) in [4.78, 5) is 11.9. The minimum Gasteiger partial charge on any atom is -0.497 e. The molecule has 0 aliphatic carbocycles. The lowest BCUT2D eigenvalue weighted by molar-refractivity contribution is -0.121. The van der Waals surface area contributed by atoms with Crippen LogP contribution in [0.5, 0.6) is 5.75 Å². The van der Waals surface area contributed by atoms with E-state index in [-0.39, 0.29) is 25.0 Å². The first kappa shape index (κ1) is 19.4. The highest BCUT2D eigenvalue weighted by molar-refractivity contribution is 7.88. The summed E-state index contributed by atoms with van der Waals surface area (Å²) in [5.41, 5.74) is 0.988. The van der Waals surface area contributed by atoms with Crippen LogP contribution >= 0.6 is 0 Å². The lowest BCUT2D eigenvalue weighted by atomic mass is 10.1. The number of nitrogens with zero attached hydrogens (tertiary/aromatic N) is 1. The van der Waals surface area contributed by atoms with Crippen molar-refractivity contribution in [3.63, 3.8) is 0 Å². The van der Waals surface area contributed by atoms with Crippen molar-refractivity contribution < 1.29 is 17.9 Å². The van der Waals surface area contributed by atoms with Crippen molar-refractivity contribution in [3.8, 4) is 5.75 Å². The zero-order chi connectivity index (χ0) is 17.5. The van der Waals surface area contributed by atoms with Crippen LogP contribution in [0.1, 0.15) is 25.8 Å². The SMILES string of the molecule is CCC(C)NC(=O)CN(CCc1ccc(OC)cc1)S(C)(=O)=O. The Balaban J connectivity index is 2.66. The van der Waals surface area contributed by atoms with E-state index in [1.807, 2.05) is 38.1 Å². The van der Waals surface area contributed by atoms with E-state index in [4.69, 9.17) is 4.74 Å². The molecule has 6 nitrogen and oxygen atoms in total. The molecule has 0 aliphatic rings. The van der Waals surface area contributed by atoms with Crippen molar-refractivity contribution >= 4 is 15.9 Å². The van der Waals surface area contributed by atoms with Gasteiger partial charge in [0.05, 0.1) is 19.9 Å². The predicted octanol–water partition coefficient (Wildman–Crippen LogP) is 1.41. The number of methoxy groups -OCH3 is 1. The smallest absolute Gasteiger partial charge is 0.235 e. The highest BCUT2D eigenvalue weighted by Crippen LogP contribution is 2.12. The molecular formula is C16H26N2O4S. The molecule has 1 N–H and O–H groups in total. The van der Waals surface area contributed by atoms with Gasteiger partial charge in [0, 0.05) is 12.6 Å². The van der Waals surface area contributed by atoms with Crippen molar-refractivity contribution in [3.05, 3.63) is 29.8 Å². The van der Waals surface area contributed by atoms with Gasteiger partial charge in [-0.25, -0.2) is 8.42 Å². The molecule has 1 amide bonds. The molecule has 0 saturated heterocycles. The van der Waals surface area contributed by atoms with Crippen molar-refractivity contribution in [1.29, 1.82) is 0 Å². The van der Waals surface area contributed by atoms with Gasteiger partial charge < -0.3 is 10.1 Å². The summed E-state index contributed by atoms with van der Waals surface area (Å²) in [7, 11) is -1.84. The zero-order valence-corrected chi connectivity index (χ0v) is 15.0. The Kier molecular flexibility index (Phi) is 7.51. The summed E-state index contributed by atoms with van der Waals surface area (Å²) in [6.45, 7) is 3.96. The molecule has 7 heteroatoms. The molecule has 1 unspecified atom stereocenters. The van der Waals surface area contributed by atoms with Crippen LogP contribution in [0.15, 0.2) is 24.3 Å². The van der Waals surface area contributed by atoms with E-state index < -0.39 is 10.0 Å². The van der Waals surface area contributed by atoms with Gasteiger partial charge >= 0.3 is 0 Å². The number of ether oxygens (including phenoxy) is 1. The first-order chi connectivity index (χ1) is 10.8. The van der Waals surface area contributed by atoms with Crippen LogP contribution in [0.3, 0.4) is 0 Å². The number of hydrogen-bond acceptors (Lipinski definition) is 4. The topological polar surface area (TPSA) is 75.7 Å². The van der Waals surface area contributed by atoms with Crippen LogP contribution in [0, 0.1) is 0 Å². The van der Waals surface area contributed by atoms with E-state index in [0.29, 0.717) is 6.42 Å². The monoisotopic (exact) mass is 342 g/mol. The first-order valence-electron chi connectivity index (χ1n) is 7.63. The Morgan fingerprint density at radius 1 is 1.30 bits per heavy atom. The van der Waals surface area contributed by atoms with Crippen LogP contribution in [-0.4, -0.2) is 51.1 Å². The summed E-state index contributed by atoms with van der Waals surface area (Å²) in [5, 5.41) is 2.78. The first-order valence-corrected chi connectivity index (χ1v) is 9.48. The Morgan fingerprint density at radius 2 is 1.91 bits per heavy atom. The molecule has 0 saturated carbocycles. The third kappa shape index (κ3) is 7.00. The summed E-state index contributed by atoms with van der Waals surface area (Å²) in [6, 6.07) is 7.47. The van der Waals surface area contributed by atoms with Crippen LogP contribution in [0.4, 0.5) is 0 Å². The number of benzene rings is 1. The minimum absolute atomic E-state index is 0.0329. The zero-order valence-electron chi connectivity index (χ0n) is 14.2. The summed E-state index contributed by atoms with van der Waals surface area (Å²) < 4.78 is 30.0. The molecule has 0 heterocycles. The molecule has 0 fully saturated rings. The Morgan fingerprint density at radius 3 is 2.39 bits per heavy atom. The average Bonchev–Trinajstić information content (AvgIpc) is 2.50. The maximum atomic E-state index is 11.9. The second kappa shape index (κ2) is 8.88. The Labute approximate surface area is 138 Å². The van der Waals surface area contributed by atoms with Crippen LogP contribution in [-0.2, 0) is 21.2 Å². The fourth-order valence-corrected chi connectivity index (χ4v) is 2.77. The fourth-order valence-electron chi connectivity index (χ4n) is 1.99. The van der Waals surface area contributed by atoms with Gasteiger partial charge in [-0.3, -0.25) is 4.79 Å². The molecule has 1 aromatic carbocycles. The van der Waals surface area contributed by atoms with Crippen molar-refractivity contribution in [2.45, 2.75) is 32.7 Å². The molecule has 0 aliphatic heterocycles. The molecule has 0 aromatic heterocycles. The number of amides is 1. The third-order valence-electron chi connectivity index (χ3n) is 3.62. The minimum atomic E-state index is -3.44. The third-order valence-corrected chi connectivity index (χ3v) is 4.87. The van der Waals surface area contributed by atoms with Crippen LogP contribution in [0.25, 0.3) is 0 Å². The lowest BCUT2D eigenvalue weighted by Crippen LogP contribution is -2.43.